The Balaban J connectivity index is 0.00000161. The summed E-state index contributed by atoms with van der Waals surface area (Å²) in [5.74, 6) is -0.242. The van der Waals surface area contributed by atoms with Crippen LogP contribution in [0.3, 0.4) is 0 Å². The van der Waals surface area contributed by atoms with Crippen molar-refractivity contribution in [3.63, 3.8) is 0 Å². The minimum absolute atomic E-state index is 0. The molecule has 1 aromatic heterocycles. The van der Waals surface area contributed by atoms with Gasteiger partial charge >= 0.3 is 0 Å². The Morgan fingerprint density at radius 3 is 2.95 bits per heavy atom. The van der Waals surface area contributed by atoms with Crippen LogP contribution in [0.5, 0.6) is 0 Å². The van der Waals surface area contributed by atoms with Gasteiger partial charge in [-0.05, 0) is 48.9 Å². The molecular weight excluding hydrogens is 311 g/mol. The summed E-state index contributed by atoms with van der Waals surface area (Å²) in [4.78, 5) is 15.2. The first-order valence-corrected chi connectivity index (χ1v) is 7.71. The molecule has 0 bridgehead atoms. The van der Waals surface area contributed by atoms with Gasteiger partial charge < -0.3 is 10.6 Å². The van der Waals surface area contributed by atoms with E-state index in [1.54, 1.807) is 12.1 Å². The smallest absolute Gasteiger partial charge is 0.264 e. The van der Waals surface area contributed by atoms with Gasteiger partial charge in [0.2, 0.25) is 0 Å². The van der Waals surface area contributed by atoms with Gasteiger partial charge in [-0.15, -0.1) is 23.7 Å². The standard InChI is InChI=1S/C15H17FN2OS.ClH/c16-11-4-5-13-10(7-11)8-14(20-13)15(19)18-6-2-1-3-12(18)9-17;/h4-5,7-8,12H,1-3,6,9,17H2;1H. The van der Waals surface area contributed by atoms with Crippen LogP contribution in [-0.2, 0) is 0 Å². The van der Waals surface area contributed by atoms with Crippen molar-refractivity contribution in [2.45, 2.75) is 25.3 Å². The molecule has 0 aliphatic carbocycles. The van der Waals surface area contributed by atoms with E-state index in [4.69, 9.17) is 5.73 Å². The number of nitrogens with two attached hydrogens (primary N) is 1. The first kappa shape index (κ1) is 16.2. The number of hydrogen-bond donors (Lipinski definition) is 1. The number of thiophene rings is 1. The topological polar surface area (TPSA) is 46.3 Å². The van der Waals surface area contributed by atoms with Crippen molar-refractivity contribution >= 4 is 39.7 Å². The van der Waals surface area contributed by atoms with E-state index in [2.05, 4.69) is 0 Å². The number of benzene rings is 1. The van der Waals surface area contributed by atoms with Crippen molar-refractivity contribution in [2.24, 2.45) is 5.73 Å². The molecule has 0 radical (unpaired) electrons. The second kappa shape index (κ2) is 6.73. The van der Waals surface area contributed by atoms with Crippen LogP contribution in [0, 0.1) is 5.82 Å². The maximum atomic E-state index is 13.2. The minimum atomic E-state index is -0.271. The molecule has 3 nitrogen and oxygen atoms in total. The number of carbonyl (C=O) groups excluding carboxylic acids is 1. The zero-order valence-corrected chi connectivity index (χ0v) is 13.2. The summed E-state index contributed by atoms with van der Waals surface area (Å²) in [5.41, 5.74) is 5.76. The average Bonchev–Trinajstić information content (AvgIpc) is 2.89. The Morgan fingerprint density at radius 1 is 1.38 bits per heavy atom. The molecule has 3 rings (SSSR count). The van der Waals surface area contributed by atoms with E-state index in [9.17, 15) is 9.18 Å². The highest BCUT2D eigenvalue weighted by Crippen LogP contribution is 2.29. The van der Waals surface area contributed by atoms with Crippen LogP contribution >= 0.6 is 23.7 Å². The molecule has 1 fully saturated rings. The van der Waals surface area contributed by atoms with Crippen LogP contribution < -0.4 is 5.73 Å². The molecule has 2 N–H and O–H groups in total. The predicted molar refractivity (Wildman–Crippen MR) is 86.8 cm³/mol. The van der Waals surface area contributed by atoms with Crippen LogP contribution in [0.25, 0.3) is 10.1 Å². The highest BCUT2D eigenvalue weighted by molar-refractivity contribution is 7.20. The van der Waals surface area contributed by atoms with E-state index < -0.39 is 0 Å². The van der Waals surface area contributed by atoms with E-state index in [-0.39, 0.29) is 30.2 Å². The molecule has 1 saturated heterocycles. The Labute approximate surface area is 133 Å². The lowest BCUT2D eigenvalue weighted by atomic mass is 10.0. The number of likely N-dealkylation sites (tertiary alicyclic amines) is 1. The van der Waals surface area contributed by atoms with Crippen LogP contribution in [0.2, 0.25) is 0 Å². The highest BCUT2D eigenvalue weighted by Gasteiger charge is 2.27. The van der Waals surface area contributed by atoms with E-state index in [0.717, 1.165) is 35.9 Å². The fourth-order valence-electron chi connectivity index (χ4n) is 2.77. The normalized spacial score (nSPS) is 18.6. The summed E-state index contributed by atoms with van der Waals surface area (Å²) in [6.45, 7) is 1.27. The van der Waals surface area contributed by atoms with Gasteiger partial charge in [0, 0.05) is 23.8 Å². The lowest BCUT2D eigenvalue weighted by molar-refractivity contribution is 0.0628. The van der Waals surface area contributed by atoms with Gasteiger partial charge in [0.1, 0.15) is 5.82 Å². The minimum Gasteiger partial charge on any atom is -0.334 e. The monoisotopic (exact) mass is 328 g/mol. The molecule has 1 aliphatic rings. The molecule has 0 spiro atoms. The van der Waals surface area contributed by atoms with Crippen molar-refractivity contribution in [3.8, 4) is 0 Å². The van der Waals surface area contributed by atoms with Crippen LogP contribution in [0.1, 0.15) is 28.9 Å². The molecular formula is C15H18ClFN2OS. The summed E-state index contributed by atoms with van der Waals surface area (Å²) < 4.78 is 14.2. The van der Waals surface area contributed by atoms with Crippen molar-refractivity contribution in [3.05, 3.63) is 35.0 Å². The largest absolute Gasteiger partial charge is 0.334 e. The fraction of sp³-hybridized carbons (Fsp3) is 0.400. The number of amides is 1. The molecule has 114 valence electrons. The summed E-state index contributed by atoms with van der Waals surface area (Å²) in [5, 5.41) is 0.791. The molecule has 2 heterocycles. The number of nitrogens with zero attached hydrogens (tertiary/aromatic N) is 1. The van der Waals surface area contributed by atoms with Crippen molar-refractivity contribution < 1.29 is 9.18 Å². The summed E-state index contributed by atoms with van der Waals surface area (Å²) in [6, 6.07) is 6.55. The third kappa shape index (κ3) is 3.20. The molecule has 6 heteroatoms. The zero-order valence-electron chi connectivity index (χ0n) is 11.5. The van der Waals surface area contributed by atoms with Crippen molar-refractivity contribution in [1.29, 1.82) is 0 Å². The maximum Gasteiger partial charge on any atom is 0.264 e. The zero-order chi connectivity index (χ0) is 14.1. The van der Waals surface area contributed by atoms with Gasteiger partial charge in [0.05, 0.1) is 4.88 Å². The molecule has 0 saturated carbocycles. The molecule has 1 aromatic carbocycles. The number of halogens is 2. The lowest BCUT2D eigenvalue weighted by Gasteiger charge is -2.34. The summed E-state index contributed by atoms with van der Waals surface area (Å²) >= 11 is 1.42. The van der Waals surface area contributed by atoms with E-state index in [1.165, 1.54) is 23.5 Å². The number of hydrogen-bond acceptors (Lipinski definition) is 3. The highest BCUT2D eigenvalue weighted by atomic mass is 35.5. The number of fused-ring (bicyclic) bond motifs is 1. The third-order valence-corrected chi connectivity index (χ3v) is 4.95. The van der Waals surface area contributed by atoms with Crippen LogP contribution in [0.15, 0.2) is 24.3 Å². The number of carbonyl (C=O) groups is 1. The van der Waals surface area contributed by atoms with Crippen LogP contribution in [0.4, 0.5) is 4.39 Å². The van der Waals surface area contributed by atoms with Gasteiger partial charge in [0.25, 0.3) is 5.91 Å². The Morgan fingerprint density at radius 2 is 2.19 bits per heavy atom. The van der Waals surface area contributed by atoms with E-state index in [1.807, 2.05) is 4.90 Å². The fourth-order valence-corrected chi connectivity index (χ4v) is 3.77. The average molecular weight is 329 g/mol. The Bertz CT molecular complexity index is 646. The second-order valence-corrected chi connectivity index (χ2v) is 6.26. The predicted octanol–water partition coefficient (Wildman–Crippen LogP) is 3.42. The Hall–Kier alpha value is -1.17. The maximum absolute atomic E-state index is 13.2. The molecule has 21 heavy (non-hydrogen) atoms. The van der Waals surface area contributed by atoms with E-state index >= 15 is 0 Å². The van der Waals surface area contributed by atoms with Gasteiger partial charge in [-0.3, -0.25) is 4.79 Å². The molecule has 1 amide bonds. The second-order valence-electron chi connectivity index (χ2n) is 5.18. The number of rotatable bonds is 2. The van der Waals surface area contributed by atoms with Gasteiger partial charge in [-0.25, -0.2) is 4.39 Å². The first-order valence-electron chi connectivity index (χ1n) is 6.89. The first-order chi connectivity index (χ1) is 9.69. The quantitative estimate of drug-likeness (QED) is 0.918. The summed E-state index contributed by atoms with van der Waals surface area (Å²) in [6.07, 6.45) is 3.13. The summed E-state index contributed by atoms with van der Waals surface area (Å²) in [7, 11) is 0. The molecule has 1 unspecified atom stereocenters. The van der Waals surface area contributed by atoms with Gasteiger partial charge in [-0.1, -0.05) is 0 Å². The molecule has 1 aliphatic heterocycles. The lowest BCUT2D eigenvalue weighted by Crippen LogP contribution is -2.47. The van der Waals surface area contributed by atoms with Crippen LogP contribution in [-0.4, -0.2) is 29.9 Å². The van der Waals surface area contributed by atoms with Gasteiger partial charge in [-0.2, -0.15) is 0 Å². The Kier molecular flexibility index (Phi) is 5.19. The molecule has 2 aromatic rings. The van der Waals surface area contributed by atoms with Crippen molar-refractivity contribution in [2.75, 3.05) is 13.1 Å². The van der Waals surface area contributed by atoms with Gasteiger partial charge in [0.15, 0.2) is 0 Å². The van der Waals surface area contributed by atoms with Crippen molar-refractivity contribution in [1.82, 2.24) is 4.90 Å². The third-order valence-electron chi connectivity index (χ3n) is 3.85. The van der Waals surface area contributed by atoms with E-state index in [0.29, 0.717) is 11.4 Å². The SMILES string of the molecule is Cl.NCC1CCCCN1C(=O)c1cc2cc(F)ccc2s1. The molecule has 1 atom stereocenters. The number of piperidine rings is 1.